The highest BCUT2D eigenvalue weighted by molar-refractivity contribution is 5.99. The molecule has 2 rings (SSSR count). The van der Waals surface area contributed by atoms with E-state index in [0.29, 0.717) is 17.6 Å². The molecule has 1 aromatic rings. The van der Waals surface area contributed by atoms with Gasteiger partial charge in [0.15, 0.2) is 0 Å². The second kappa shape index (κ2) is 8.44. The zero-order valence-corrected chi connectivity index (χ0v) is 15.5. The lowest BCUT2D eigenvalue weighted by Gasteiger charge is -2.44. The number of aromatic nitrogens is 1. The number of amides is 1. The first kappa shape index (κ1) is 18.7. The van der Waals surface area contributed by atoms with Crippen LogP contribution in [0.1, 0.15) is 30.6 Å². The Hall–Kier alpha value is -1.66. The molecule has 1 aliphatic rings. The molecule has 24 heavy (non-hydrogen) atoms. The van der Waals surface area contributed by atoms with E-state index in [-0.39, 0.29) is 5.91 Å². The Bertz CT molecular complexity index is 538. The minimum Gasteiger partial charge on any atom is -0.385 e. The van der Waals surface area contributed by atoms with Crippen LogP contribution >= 0.6 is 0 Å². The van der Waals surface area contributed by atoms with Gasteiger partial charge in [0.25, 0.3) is 5.91 Å². The standard InChI is InChI=1S/C18H30N4O2/c1-14-12-21(13-15(2)22(14)10-7-11-24-5)18(23)16-8-6-9-19-17(16)20(3)4/h6,8-9,14-15H,7,10-13H2,1-5H3. The maximum atomic E-state index is 13.0. The van der Waals surface area contributed by atoms with E-state index in [0.717, 1.165) is 38.5 Å². The van der Waals surface area contributed by atoms with E-state index in [1.807, 2.05) is 36.0 Å². The first-order chi connectivity index (χ1) is 11.5. The highest BCUT2D eigenvalue weighted by atomic mass is 16.5. The van der Waals surface area contributed by atoms with E-state index in [4.69, 9.17) is 4.74 Å². The topological polar surface area (TPSA) is 48.9 Å². The predicted octanol–water partition coefficient (Wildman–Crippen LogP) is 1.72. The molecule has 0 aromatic carbocycles. The Morgan fingerprint density at radius 1 is 1.33 bits per heavy atom. The normalized spacial score (nSPS) is 21.8. The Kier molecular flexibility index (Phi) is 6.57. The lowest BCUT2D eigenvalue weighted by atomic mass is 10.1. The van der Waals surface area contributed by atoms with E-state index in [1.165, 1.54) is 0 Å². The Morgan fingerprint density at radius 3 is 2.58 bits per heavy atom. The Balaban J connectivity index is 2.08. The molecule has 6 heteroatoms. The highest BCUT2D eigenvalue weighted by Gasteiger charge is 2.32. The van der Waals surface area contributed by atoms with E-state index in [2.05, 4.69) is 23.7 Å². The van der Waals surface area contributed by atoms with E-state index in [9.17, 15) is 4.79 Å². The van der Waals surface area contributed by atoms with Gasteiger partial charge in [-0.15, -0.1) is 0 Å². The van der Waals surface area contributed by atoms with Crippen molar-refractivity contribution in [1.82, 2.24) is 14.8 Å². The molecule has 6 nitrogen and oxygen atoms in total. The molecule has 1 aromatic heterocycles. The highest BCUT2D eigenvalue weighted by Crippen LogP contribution is 2.21. The first-order valence-electron chi connectivity index (χ1n) is 8.62. The maximum Gasteiger partial charge on any atom is 0.257 e. The van der Waals surface area contributed by atoms with Crippen molar-refractivity contribution >= 4 is 11.7 Å². The third-order valence-corrected chi connectivity index (χ3v) is 4.59. The molecule has 0 bridgehead atoms. The lowest BCUT2D eigenvalue weighted by Crippen LogP contribution is -2.58. The summed E-state index contributed by atoms with van der Waals surface area (Å²) in [6, 6.07) is 4.38. The van der Waals surface area contributed by atoms with Crippen molar-refractivity contribution in [2.45, 2.75) is 32.4 Å². The van der Waals surface area contributed by atoms with Crippen LogP contribution in [0.25, 0.3) is 0 Å². The van der Waals surface area contributed by atoms with Crippen LogP contribution in [0.5, 0.6) is 0 Å². The van der Waals surface area contributed by atoms with Crippen LogP contribution in [-0.4, -0.2) is 80.2 Å². The minimum absolute atomic E-state index is 0.0713. The third kappa shape index (κ3) is 4.24. The summed E-state index contributed by atoms with van der Waals surface area (Å²) >= 11 is 0. The number of methoxy groups -OCH3 is 1. The van der Waals surface area contributed by atoms with Gasteiger partial charge in [-0.25, -0.2) is 4.98 Å². The van der Waals surface area contributed by atoms with Crippen LogP contribution in [0, 0.1) is 0 Å². The number of rotatable bonds is 6. The van der Waals surface area contributed by atoms with Crippen molar-refractivity contribution in [2.24, 2.45) is 0 Å². The van der Waals surface area contributed by atoms with Crippen molar-refractivity contribution in [2.75, 3.05) is 52.3 Å². The van der Waals surface area contributed by atoms with Crippen molar-refractivity contribution in [1.29, 1.82) is 0 Å². The van der Waals surface area contributed by atoms with Gasteiger partial charge >= 0.3 is 0 Å². The fourth-order valence-electron chi connectivity index (χ4n) is 3.45. The molecule has 0 saturated carbocycles. The summed E-state index contributed by atoms with van der Waals surface area (Å²) in [6.07, 6.45) is 2.75. The van der Waals surface area contributed by atoms with Crippen LogP contribution in [0.2, 0.25) is 0 Å². The summed E-state index contributed by atoms with van der Waals surface area (Å²) in [7, 11) is 5.57. The van der Waals surface area contributed by atoms with Crippen LogP contribution in [0.3, 0.4) is 0 Å². The molecule has 0 N–H and O–H groups in total. The molecule has 0 spiro atoms. The van der Waals surface area contributed by atoms with E-state index in [1.54, 1.807) is 13.3 Å². The number of anilines is 1. The molecule has 0 aliphatic carbocycles. The van der Waals surface area contributed by atoms with Gasteiger partial charge in [-0.2, -0.15) is 0 Å². The van der Waals surface area contributed by atoms with Crippen LogP contribution in [0.15, 0.2) is 18.3 Å². The fourth-order valence-corrected chi connectivity index (χ4v) is 3.45. The van der Waals surface area contributed by atoms with Gasteiger partial charge < -0.3 is 14.5 Å². The van der Waals surface area contributed by atoms with Crippen LogP contribution in [0.4, 0.5) is 5.82 Å². The lowest BCUT2D eigenvalue weighted by molar-refractivity contribution is 0.0270. The molecular formula is C18H30N4O2. The predicted molar refractivity (Wildman–Crippen MR) is 96.6 cm³/mol. The second-order valence-electron chi connectivity index (χ2n) is 6.76. The van der Waals surface area contributed by atoms with Gasteiger partial charge in [-0.05, 0) is 32.4 Å². The number of hydrogen-bond acceptors (Lipinski definition) is 5. The number of pyridine rings is 1. The fraction of sp³-hybridized carbons (Fsp3) is 0.667. The molecule has 134 valence electrons. The molecule has 2 atom stereocenters. The summed E-state index contributed by atoms with van der Waals surface area (Å²) in [6.45, 7) is 7.67. The quantitative estimate of drug-likeness (QED) is 0.742. The number of nitrogens with zero attached hydrogens (tertiary/aromatic N) is 4. The monoisotopic (exact) mass is 334 g/mol. The van der Waals surface area contributed by atoms with Crippen molar-refractivity contribution in [3.63, 3.8) is 0 Å². The summed E-state index contributed by atoms with van der Waals surface area (Å²) < 4.78 is 5.15. The smallest absolute Gasteiger partial charge is 0.257 e. The van der Waals surface area contributed by atoms with Gasteiger partial charge in [0.2, 0.25) is 0 Å². The SMILES string of the molecule is COCCCN1C(C)CN(C(=O)c2cccnc2N(C)C)CC1C. The number of hydrogen-bond donors (Lipinski definition) is 0. The maximum absolute atomic E-state index is 13.0. The summed E-state index contributed by atoms with van der Waals surface area (Å²) in [5, 5.41) is 0. The average molecular weight is 334 g/mol. The molecule has 1 amide bonds. The van der Waals surface area contributed by atoms with E-state index < -0.39 is 0 Å². The Morgan fingerprint density at radius 2 is 2.00 bits per heavy atom. The Labute approximate surface area is 145 Å². The van der Waals surface area contributed by atoms with Crippen LogP contribution < -0.4 is 4.90 Å². The summed E-state index contributed by atoms with van der Waals surface area (Å²) in [4.78, 5) is 23.7. The average Bonchev–Trinajstić information content (AvgIpc) is 2.56. The largest absolute Gasteiger partial charge is 0.385 e. The number of carbonyl (C=O) groups is 1. The van der Waals surface area contributed by atoms with Gasteiger partial charge in [0.1, 0.15) is 5.82 Å². The summed E-state index contributed by atoms with van der Waals surface area (Å²) in [5.74, 6) is 0.798. The first-order valence-corrected chi connectivity index (χ1v) is 8.62. The van der Waals surface area contributed by atoms with Gasteiger partial charge in [0.05, 0.1) is 5.56 Å². The minimum atomic E-state index is 0.0713. The molecular weight excluding hydrogens is 304 g/mol. The zero-order chi connectivity index (χ0) is 17.7. The van der Waals surface area contributed by atoms with Crippen molar-refractivity contribution in [3.05, 3.63) is 23.9 Å². The van der Waals surface area contributed by atoms with Gasteiger partial charge in [0, 0.05) is 65.7 Å². The molecule has 2 unspecified atom stereocenters. The van der Waals surface area contributed by atoms with Crippen molar-refractivity contribution in [3.8, 4) is 0 Å². The molecule has 1 saturated heterocycles. The van der Waals surface area contributed by atoms with E-state index >= 15 is 0 Å². The molecule has 1 aliphatic heterocycles. The summed E-state index contributed by atoms with van der Waals surface area (Å²) in [5.41, 5.74) is 0.676. The van der Waals surface area contributed by atoms with Crippen molar-refractivity contribution < 1.29 is 9.53 Å². The van der Waals surface area contributed by atoms with Gasteiger partial charge in [-0.1, -0.05) is 0 Å². The number of carbonyl (C=O) groups excluding carboxylic acids is 1. The van der Waals surface area contributed by atoms with Crippen LogP contribution in [-0.2, 0) is 4.74 Å². The molecule has 0 radical (unpaired) electrons. The number of piperazine rings is 1. The molecule has 1 fully saturated rings. The second-order valence-corrected chi connectivity index (χ2v) is 6.76. The number of ether oxygens (including phenoxy) is 1. The zero-order valence-electron chi connectivity index (χ0n) is 15.5. The molecule has 2 heterocycles. The third-order valence-electron chi connectivity index (χ3n) is 4.59. The van der Waals surface area contributed by atoms with Gasteiger partial charge in [-0.3, -0.25) is 9.69 Å².